The van der Waals surface area contributed by atoms with E-state index in [0.29, 0.717) is 18.8 Å². The summed E-state index contributed by atoms with van der Waals surface area (Å²) in [5.74, 6) is -0.0390. The molecule has 2 aromatic carbocycles. The summed E-state index contributed by atoms with van der Waals surface area (Å²) >= 11 is 1.39. The fraction of sp³-hybridized carbons (Fsp3) is 0.320. The Balaban J connectivity index is 1.14. The van der Waals surface area contributed by atoms with Gasteiger partial charge < -0.3 is 29.7 Å². The van der Waals surface area contributed by atoms with Crippen molar-refractivity contribution in [2.24, 2.45) is 0 Å². The number of carbonyl (C=O) groups excluding carboxylic acids is 1. The fourth-order valence-electron chi connectivity index (χ4n) is 4.34. The summed E-state index contributed by atoms with van der Waals surface area (Å²) in [6.45, 7) is 1.12. The first-order valence-electron chi connectivity index (χ1n) is 10.9. The minimum Gasteiger partial charge on any atom is -0.449 e. The molecule has 0 bridgehead atoms. The Kier molecular flexibility index (Phi) is 6.43. The quantitative estimate of drug-likeness (QED) is 0.490. The van der Waals surface area contributed by atoms with Gasteiger partial charge in [-0.1, -0.05) is 48.5 Å². The lowest BCUT2D eigenvalue weighted by Crippen LogP contribution is -2.36. The van der Waals surface area contributed by atoms with Crippen molar-refractivity contribution in [3.8, 4) is 11.1 Å². The second kappa shape index (κ2) is 9.62. The molecule has 2 atom stereocenters. The minimum absolute atomic E-state index is 0.0390. The SMILES string of the molecule is O=C(NCC(O)C(O)c1csc(C2OCCO2)c1)OCC1c2ccccc2-c2ccccc21. The molecule has 3 aromatic rings. The van der Waals surface area contributed by atoms with Crippen molar-refractivity contribution >= 4 is 17.4 Å². The monoisotopic (exact) mass is 467 g/mol. The molecule has 1 saturated heterocycles. The number of rotatable bonds is 7. The van der Waals surface area contributed by atoms with Crippen molar-refractivity contribution in [2.75, 3.05) is 26.4 Å². The van der Waals surface area contributed by atoms with Gasteiger partial charge in [0, 0.05) is 12.5 Å². The minimum atomic E-state index is -1.18. The first-order chi connectivity index (χ1) is 16.1. The van der Waals surface area contributed by atoms with Gasteiger partial charge in [0.1, 0.15) is 18.8 Å². The molecule has 1 amide bonds. The van der Waals surface area contributed by atoms with Crippen LogP contribution in [0.1, 0.15) is 39.9 Å². The number of benzene rings is 2. The molecule has 0 spiro atoms. The molecule has 0 radical (unpaired) electrons. The summed E-state index contributed by atoms with van der Waals surface area (Å²) in [6, 6.07) is 18.0. The number of aliphatic hydroxyl groups excluding tert-OH is 2. The van der Waals surface area contributed by atoms with E-state index in [0.717, 1.165) is 27.1 Å². The second-order valence-electron chi connectivity index (χ2n) is 8.07. The van der Waals surface area contributed by atoms with E-state index in [2.05, 4.69) is 29.6 Å². The van der Waals surface area contributed by atoms with Crippen molar-refractivity contribution in [1.29, 1.82) is 0 Å². The third kappa shape index (κ3) is 4.53. The Morgan fingerprint density at radius 2 is 1.70 bits per heavy atom. The molecule has 0 saturated carbocycles. The van der Waals surface area contributed by atoms with E-state index in [1.54, 1.807) is 11.4 Å². The molecule has 172 valence electrons. The summed E-state index contributed by atoms with van der Waals surface area (Å²) in [5.41, 5.74) is 5.13. The molecular weight excluding hydrogens is 442 g/mol. The largest absolute Gasteiger partial charge is 0.449 e. The highest BCUT2D eigenvalue weighted by atomic mass is 32.1. The van der Waals surface area contributed by atoms with Crippen LogP contribution in [0.2, 0.25) is 0 Å². The molecule has 33 heavy (non-hydrogen) atoms. The number of amides is 1. The molecule has 1 aliphatic heterocycles. The van der Waals surface area contributed by atoms with Crippen LogP contribution in [0.25, 0.3) is 11.1 Å². The van der Waals surface area contributed by atoms with Gasteiger partial charge in [0.15, 0.2) is 6.29 Å². The number of ether oxygens (including phenoxy) is 3. The van der Waals surface area contributed by atoms with Crippen molar-refractivity contribution in [3.05, 3.63) is 81.5 Å². The Morgan fingerprint density at radius 1 is 1.06 bits per heavy atom. The van der Waals surface area contributed by atoms with Gasteiger partial charge in [-0.2, -0.15) is 0 Å². The highest BCUT2D eigenvalue weighted by Crippen LogP contribution is 2.44. The predicted octanol–water partition coefficient (Wildman–Crippen LogP) is 3.73. The number of aliphatic hydroxyl groups is 2. The maximum atomic E-state index is 12.3. The van der Waals surface area contributed by atoms with Crippen LogP contribution >= 0.6 is 11.3 Å². The molecule has 2 aliphatic rings. The van der Waals surface area contributed by atoms with E-state index in [1.807, 2.05) is 24.3 Å². The summed E-state index contributed by atoms with van der Waals surface area (Å²) in [4.78, 5) is 13.1. The van der Waals surface area contributed by atoms with E-state index in [9.17, 15) is 15.0 Å². The van der Waals surface area contributed by atoms with Crippen molar-refractivity contribution in [3.63, 3.8) is 0 Å². The Labute approximate surface area is 195 Å². The van der Waals surface area contributed by atoms with Gasteiger partial charge in [0.05, 0.1) is 18.1 Å². The van der Waals surface area contributed by atoms with Crippen molar-refractivity contribution < 1.29 is 29.2 Å². The average molecular weight is 468 g/mol. The smallest absolute Gasteiger partial charge is 0.407 e. The van der Waals surface area contributed by atoms with E-state index in [-0.39, 0.29) is 19.1 Å². The number of hydrogen-bond donors (Lipinski definition) is 3. The second-order valence-corrected chi connectivity index (χ2v) is 9.02. The zero-order valence-electron chi connectivity index (χ0n) is 17.8. The molecule has 7 nitrogen and oxygen atoms in total. The van der Waals surface area contributed by atoms with Crippen LogP contribution in [0.4, 0.5) is 4.79 Å². The third-order valence-electron chi connectivity index (χ3n) is 6.00. The van der Waals surface area contributed by atoms with Crippen molar-refractivity contribution in [1.82, 2.24) is 5.32 Å². The predicted molar refractivity (Wildman–Crippen MR) is 123 cm³/mol. The molecule has 1 fully saturated rings. The van der Waals surface area contributed by atoms with Gasteiger partial charge in [0.25, 0.3) is 0 Å². The van der Waals surface area contributed by atoms with Crippen LogP contribution in [0, 0.1) is 0 Å². The van der Waals surface area contributed by atoms with Crippen LogP contribution in [0.5, 0.6) is 0 Å². The molecule has 2 heterocycles. The zero-order chi connectivity index (χ0) is 22.8. The van der Waals surface area contributed by atoms with E-state index in [4.69, 9.17) is 14.2 Å². The number of nitrogens with one attached hydrogen (secondary N) is 1. The number of thiophene rings is 1. The maximum Gasteiger partial charge on any atom is 0.407 e. The lowest BCUT2D eigenvalue weighted by Gasteiger charge is -2.18. The van der Waals surface area contributed by atoms with Crippen LogP contribution in [-0.4, -0.2) is 48.8 Å². The molecule has 8 heteroatoms. The highest BCUT2D eigenvalue weighted by molar-refractivity contribution is 7.10. The summed E-state index contributed by atoms with van der Waals surface area (Å²) < 4.78 is 16.4. The lowest BCUT2D eigenvalue weighted by atomic mass is 9.98. The van der Waals surface area contributed by atoms with Crippen molar-refractivity contribution in [2.45, 2.75) is 24.4 Å². The van der Waals surface area contributed by atoms with Gasteiger partial charge in [-0.15, -0.1) is 11.3 Å². The molecule has 2 unspecified atom stereocenters. The third-order valence-corrected chi connectivity index (χ3v) is 6.97. The topological polar surface area (TPSA) is 97.3 Å². The zero-order valence-corrected chi connectivity index (χ0v) is 18.7. The van der Waals surface area contributed by atoms with Crippen LogP contribution in [0.3, 0.4) is 0 Å². The fourth-order valence-corrected chi connectivity index (χ4v) is 5.27. The molecule has 1 aromatic heterocycles. The van der Waals surface area contributed by atoms with E-state index < -0.39 is 24.6 Å². The molecule has 3 N–H and O–H groups in total. The van der Waals surface area contributed by atoms with Gasteiger partial charge in [-0.25, -0.2) is 4.79 Å². The molecular formula is C25H25NO6S. The maximum absolute atomic E-state index is 12.3. The Morgan fingerprint density at radius 3 is 2.36 bits per heavy atom. The Bertz CT molecular complexity index is 1080. The molecule has 1 aliphatic carbocycles. The normalized spacial score (nSPS) is 17.4. The summed E-state index contributed by atoms with van der Waals surface area (Å²) in [7, 11) is 0. The summed E-state index contributed by atoms with van der Waals surface area (Å²) in [5, 5.41) is 25.1. The van der Waals surface area contributed by atoms with E-state index >= 15 is 0 Å². The number of alkyl carbamates (subject to hydrolysis) is 1. The highest BCUT2D eigenvalue weighted by Gasteiger charge is 2.29. The van der Waals surface area contributed by atoms with Gasteiger partial charge >= 0.3 is 6.09 Å². The van der Waals surface area contributed by atoms with Crippen LogP contribution in [-0.2, 0) is 14.2 Å². The first kappa shape index (κ1) is 22.1. The van der Waals surface area contributed by atoms with Gasteiger partial charge in [-0.05, 0) is 39.3 Å². The van der Waals surface area contributed by atoms with Gasteiger partial charge in [0.2, 0.25) is 0 Å². The number of hydrogen-bond acceptors (Lipinski definition) is 7. The van der Waals surface area contributed by atoms with Gasteiger partial charge in [-0.3, -0.25) is 0 Å². The summed E-state index contributed by atoms with van der Waals surface area (Å²) in [6.07, 6.45) is -3.39. The Hall–Kier alpha value is -2.75. The number of fused-ring (bicyclic) bond motifs is 3. The number of carbonyl (C=O) groups is 1. The van der Waals surface area contributed by atoms with Crippen LogP contribution in [0.15, 0.2) is 60.0 Å². The standard InChI is InChI=1S/C25H25NO6S/c27-21(23(28)15-11-22(33-14-15)24-30-9-10-31-24)12-26-25(29)32-13-20-18-7-3-1-5-16(18)17-6-2-4-8-19(17)20/h1-8,11,14,20-21,23-24,27-28H,9-10,12-13H2,(H,26,29). The average Bonchev–Trinajstić information content (AvgIpc) is 3.60. The molecule has 5 rings (SSSR count). The van der Waals surface area contributed by atoms with E-state index in [1.165, 1.54) is 11.3 Å². The van der Waals surface area contributed by atoms with Crippen LogP contribution < -0.4 is 5.32 Å². The first-order valence-corrected chi connectivity index (χ1v) is 11.8. The lowest BCUT2D eigenvalue weighted by molar-refractivity contribution is -0.0415.